The maximum Gasteiger partial charge on any atom is 0.490 e. The van der Waals surface area contributed by atoms with Gasteiger partial charge in [0.25, 0.3) is 5.91 Å². The molecule has 0 aliphatic carbocycles. The van der Waals surface area contributed by atoms with E-state index in [1.807, 2.05) is 18.2 Å². The van der Waals surface area contributed by atoms with Gasteiger partial charge in [0.1, 0.15) is 6.04 Å². The lowest BCUT2D eigenvalue weighted by atomic mass is 10.1. The lowest BCUT2D eigenvalue weighted by molar-refractivity contribution is -0.192. The number of carbonyl (C=O) groups is 3. The number of piperazine rings is 1. The molecule has 29 heavy (non-hydrogen) atoms. The van der Waals surface area contributed by atoms with E-state index in [-0.39, 0.29) is 11.8 Å². The SMILES string of the molecule is COCCCNC(=O)[C@H]1CNCCN1C(=O)c1ccccc1.O=C(O)C(F)(F)F. The van der Waals surface area contributed by atoms with Crippen LogP contribution in [-0.4, -0.2) is 79.9 Å². The third-order valence-corrected chi connectivity index (χ3v) is 3.89. The van der Waals surface area contributed by atoms with Crippen molar-refractivity contribution < 1.29 is 37.4 Å². The summed E-state index contributed by atoms with van der Waals surface area (Å²) in [5.74, 6) is -2.97. The molecule has 0 saturated carbocycles. The second kappa shape index (κ2) is 12.0. The molecule has 1 atom stereocenters. The first-order valence-electron chi connectivity index (χ1n) is 8.82. The molecule has 1 aromatic carbocycles. The maximum absolute atomic E-state index is 12.6. The number of hydrogen-bond donors (Lipinski definition) is 3. The highest BCUT2D eigenvalue weighted by molar-refractivity contribution is 5.97. The second-order valence-corrected chi connectivity index (χ2v) is 6.02. The molecule has 1 aromatic rings. The minimum atomic E-state index is -5.08. The Morgan fingerprint density at radius 2 is 1.90 bits per heavy atom. The number of hydrogen-bond acceptors (Lipinski definition) is 5. The quantitative estimate of drug-likeness (QED) is 0.591. The highest BCUT2D eigenvalue weighted by atomic mass is 19.4. The minimum Gasteiger partial charge on any atom is -0.475 e. The van der Waals surface area contributed by atoms with Crippen molar-refractivity contribution in [1.29, 1.82) is 0 Å². The van der Waals surface area contributed by atoms with E-state index in [0.717, 1.165) is 6.42 Å². The number of carbonyl (C=O) groups excluding carboxylic acids is 2. The van der Waals surface area contributed by atoms with Crippen molar-refractivity contribution >= 4 is 17.8 Å². The molecule has 1 fully saturated rings. The van der Waals surface area contributed by atoms with Gasteiger partial charge in [-0.25, -0.2) is 4.79 Å². The van der Waals surface area contributed by atoms with Crippen LogP contribution in [0.5, 0.6) is 0 Å². The predicted molar refractivity (Wildman–Crippen MR) is 97.3 cm³/mol. The van der Waals surface area contributed by atoms with Gasteiger partial charge in [0.05, 0.1) is 0 Å². The number of methoxy groups -OCH3 is 1. The Kier molecular flexibility index (Phi) is 10.1. The van der Waals surface area contributed by atoms with Gasteiger partial charge in [0, 0.05) is 45.5 Å². The Morgan fingerprint density at radius 3 is 2.45 bits per heavy atom. The van der Waals surface area contributed by atoms with Crippen molar-refractivity contribution in [3.05, 3.63) is 35.9 Å². The van der Waals surface area contributed by atoms with Gasteiger partial charge in [-0.05, 0) is 18.6 Å². The van der Waals surface area contributed by atoms with Gasteiger partial charge in [-0.2, -0.15) is 13.2 Å². The molecule has 8 nitrogen and oxygen atoms in total. The smallest absolute Gasteiger partial charge is 0.475 e. The normalized spacial score (nSPS) is 16.4. The van der Waals surface area contributed by atoms with Crippen molar-refractivity contribution in [3.63, 3.8) is 0 Å². The van der Waals surface area contributed by atoms with Crippen LogP contribution in [-0.2, 0) is 14.3 Å². The van der Waals surface area contributed by atoms with Crippen molar-refractivity contribution in [2.75, 3.05) is 39.9 Å². The molecule has 1 saturated heterocycles. The zero-order chi connectivity index (χ0) is 21.9. The Labute approximate surface area is 166 Å². The molecule has 1 heterocycles. The molecular weight excluding hydrogens is 395 g/mol. The number of amides is 2. The van der Waals surface area contributed by atoms with Crippen LogP contribution in [0.2, 0.25) is 0 Å². The van der Waals surface area contributed by atoms with E-state index < -0.39 is 18.2 Å². The van der Waals surface area contributed by atoms with Crippen LogP contribution >= 0.6 is 0 Å². The molecule has 0 unspecified atom stereocenters. The van der Waals surface area contributed by atoms with Gasteiger partial charge in [-0.15, -0.1) is 0 Å². The number of nitrogens with one attached hydrogen (secondary N) is 2. The minimum absolute atomic E-state index is 0.0980. The third kappa shape index (κ3) is 8.48. The molecule has 0 aromatic heterocycles. The predicted octanol–water partition coefficient (Wildman–Crippen LogP) is 0.887. The lowest BCUT2D eigenvalue weighted by Crippen LogP contribution is -2.59. The summed E-state index contributed by atoms with van der Waals surface area (Å²) in [4.78, 5) is 35.5. The maximum atomic E-state index is 12.6. The first kappa shape index (κ1) is 24.4. The summed E-state index contributed by atoms with van der Waals surface area (Å²) in [6.07, 6.45) is -4.32. The van der Waals surface area contributed by atoms with E-state index in [4.69, 9.17) is 14.6 Å². The van der Waals surface area contributed by atoms with Gasteiger partial charge in [-0.1, -0.05) is 18.2 Å². The van der Waals surface area contributed by atoms with Crippen molar-refractivity contribution in [3.8, 4) is 0 Å². The second-order valence-electron chi connectivity index (χ2n) is 6.02. The molecule has 162 valence electrons. The molecule has 11 heteroatoms. The molecule has 0 radical (unpaired) electrons. The van der Waals surface area contributed by atoms with E-state index in [2.05, 4.69) is 10.6 Å². The van der Waals surface area contributed by atoms with E-state index >= 15 is 0 Å². The number of carboxylic acids is 1. The fourth-order valence-corrected chi connectivity index (χ4v) is 2.47. The zero-order valence-electron chi connectivity index (χ0n) is 15.9. The van der Waals surface area contributed by atoms with Crippen LogP contribution in [0.1, 0.15) is 16.8 Å². The van der Waals surface area contributed by atoms with Gasteiger partial charge in [0.15, 0.2) is 0 Å². The Hall–Kier alpha value is -2.66. The number of benzene rings is 1. The summed E-state index contributed by atoms with van der Waals surface area (Å²) < 4.78 is 36.7. The lowest BCUT2D eigenvalue weighted by Gasteiger charge is -2.35. The van der Waals surface area contributed by atoms with Crippen LogP contribution in [0.3, 0.4) is 0 Å². The summed E-state index contributed by atoms with van der Waals surface area (Å²) in [6, 6.07) is 8.61. The average molecular weight is 419 g/mol. The molecule has 1 aliphatic rings. The molecule has 3 N–H and O–H groups in total. The fourth-order valence-electron chi connectivity index (χ4n) is 2.47. The number of halogens is 3. The van der Waals surface area contributed by atoms with Crippen molar-refractivity contribution in [2.45, 2.75) is 18.6 Å². The van der Waals surface area contributed by atoms with Gasteiger partial charge in [0.2, 0.25) is 5.91 Å². The topological polar surface area (TPSA) is 108 Å². The van der Waals surface area contributed by atoms with Crippen LogP contribution in [0.4, 0.5) is 13.2 Å². The zero-order valence-corrected chi connectivity index (χ0v) is 15.9. The molecule has 1 aliphatic heterocycles. The van der Waals surface area contributed by atoms with Gasteiger partial charge < -0.3 is 25.4 Å². The number of nitrogens with zero attached hydrogens (tertiary/aromatic N) is 1. The summed E-state index contributed by atoms with van der Waals surface area (Å²) >= 11 is 0. The Bertz CT molecular complexity index is 670. The first-order valence-corrected chi connectivity index (χ1v) is 8.82. The van der Waals surface area contributed by atoms with Crippen LogP contribution in [0.25, 0.3) is 0 Å². The number of aliphatic carboxylic acids is 1. The molecule has 2 amide bonds. The van der Waals surface area contributed by atoms with E-state index in [0.29, 0.717) is 38.3 Å². The summed E-state index contributed by atoms with van der Waals surface area (Å²) in [7, 11) is 1.63. The monoisotopic (exact) mass is 419 g/mol. The number of carboxylic acid groups (broad SMARTS) is 1. The molecule has 2 rings (SSSR count). The van der Waals surface area contributed by atoms with Crippen LogP contribution in [0.15, 0.2) is 30.3 Å². The van der Waals surface area contributed by atoms with Crippen LogP contribution in [0, 0.1) is 0 Å². The first-order chi connectivity index (χ1) is 13.7. The average Bonchev–Trinajstić information content (AvgIpc) is 2.71. The summed E-state index contributed by atoms with van der Waals surface area (Å²) in [5, 5.41) is 13.2. The van der Waals surface area contributed by atoms with Crippen molar-refractivity contribution in [1.82, 2.24) is 15.5 Å². The van der Waals surface area contributed by atoms with E-state index in [9.17, 15) is 22.8 Å². The summed E-state index contributed by atoms with van der Waals surface area (Å²) in [5.41, 5.74) is 0.613. The molecule has 0 spiro atoms. The number of alkyl halides is 3. The largest absolute Gasteiger partial charge is 0.490 e. The standard InChI is InChI=1S/C16H23N3O3.C2HF3O2/c1-22-11-5-8-18-15(20)14-12-17-9-10-19(14)16(21)13-6-3-2-4-7-13;3-2(4,5)1(6)7/h2-4,6-7,14,17H,5,8-12H2,1H3,(H,18,20);(H,6,7)/t14-;/m1./s1. The fraction of sp³-hybridized carbons (Fsp3) is 0.500. The van der Waals surface area contributed by atoms with Crippen LogP contribution < -0.4 is 10.6 Å². The summed E-state index contributed by atoms with van der Waals surface area (Å²) in [6.45, 7) is 2.87. The molecule has 0 bridgehead atoms. The highest BCUT2D eigenvalue weighted by Gasteiger charge is 2.38. The third-order valence-electron chi connectivity index (χ3n) is 3.89. The van der Waals surface area contributed by atoms with Gasteiger partial charge >= 0.3 is 12.1 Å². The Morgan fingerprint density at radius 1 is 1.28 bits per heavy atom. The number of rotatable bonds is 6. The van der Waals surface area contributed by atoms with Crippen molar-refractivity contribution in [2.24, 2.45) is 0 Å². The van der Waals surface area contributed by atoms with E-state index in [1.165, 1.54) is 0 Å². The molecular formula is C18H24F3N3O5. The Balaban J connectivity index is 0.000000516. The van der Waals surface area contributed by atoms with E-state index in [1.54, 1.807) is 24.1 Å². The number of ether oxygens (including phenoxy) is 1. The van der Waals surface area contributed by atoms with Gasteiger partial charge in [-0.3, -0.25) is 9.59 Å². The highest BCUT2D eigenvalue weighted by Crippen LogP contribution is 2.13.